The first kappa shape index (κ1) is 21.2. The Morgan fingerprint density at radius 2 is 1.88 bits per heavy atom. The van der Waals surface area contributed by atoms with Crippen LogP contribution in [0.25, 0.3) is 0 Å². The third-order valence-corrected chi connectivity index (χ3v) is 3.41. The number of hydrogen-bond acceptors (Lipinski definition) is 4. The number of benzene rings is 1. The summed E-state index contributed by atoms with van der Waals surface area (Å²) in [5.41, 5.74) is 1.09. The number of methoxy groups -OCH3 is 1. The van der Waals surface area contributed by atoms with Crippen LogP contribution >= 0.6 is 0 Å². The molecule has 7 heteroatoms. The zero-order valence-corrected chi connectivity index (χ0v) is 15.7. The van der Waals surface area contributed by atoms with E-state index in [4.69, 9.17) is 9.47 Å². The van der Waals surface area contributed by atoms with Gasteiger partial charge in [-0.05, 0) is 40.7 Å². The lowest BCUT2D eigenvalue weighted by molar-refractivity contribution is -0.00529. The maximum atomic E-state index is 14.0. The highest BCUT2D eigenvalue weighted by molar-refractivity contribution is 5.67. The summed E-state index contributed by atoms with van der Waals surface area (Å²) in [4.78, 5) is 11.5. The van der Waals surface area contributed by atoms with Gasteiger partial charge in [-0.2, -0.15) is 0 Å². The summed E-state index contributed by atoms with van der Waals surface area (Å²) in [7, 11) is 1.54. The third-order valence-electron chi connectivity index (χ3n) is 3.41. The fourth-order valence-electron chi connectivity index (χ4n) is 2.18. The van der Waals surface area contributed by atoms with Crippen molar-refractivity contribution in [1.29, 1.82) is 0 Å². The lowest BCUT2D eigenvalue weighted by Gasteiger charge is -2.24. The fraction of sp³-hybridized carbons (Fsp3) is 0.611. The number of nitrogens with one attached hydrogen (secondary N) is 2. The van der Waals surface area contributed by atoms with E-state index >= 15 is 0 Å². The van der Waals surface area contributed by atoms with E-state index in [1.165, 1.54) is 0 Å². The van der Waals surface area contributed by atoms with E-state index in [0.717, 1.165) is 11.1 Å². The minimum atomic E-state index is -3.11. The summed E-state index contributed by atoms with van der Waals surface area (Å²) in [5.74, 6) is -2.47. The number of alkyl carbamates (subject to hydrolysis) is 1. The van der Waals surface area contributed by atoms with Gasteiger partial charge in [0.2, 0.25) is 0 Å². The van der Waals surface area contributed by atoms with Gasteiger partial charge in [-0.1, -0.05) is 17.7 Å². The molecule has 1 amide bonds. The van der Waals surface area contributed by atoms with Crippen LogP contribution in [-0.2, 0) is 4.74 Å². The van der Waals surface area contributed by atoms with E-state index in [0.29, 0.717) is 5.75 Å². The van der Waals surface area contributed by atoms with Crippen LogP contribution in [0.15, 0.2) is 18.2 Å². The SMILES string of the molecule is COc1ccc(C)cc1C(C)NCC(F)(F)CNC(=O)OC(C)(C)C. The lowest BCUT2D eigenvalue weighted by atomic mass is 10.0. The number of hydrogen-bond donors (Lipinski definition) is 2. The third kappa shape index (κ3) is 7.69. The minimum absolute atomic E-state index is 0.331. The Bertz CT molecular complexity index is 586. The predicted molar refractivity (Wildman–Crippen MR) is 93.3 cm³/mol. The number of amides is 1. The Kier molecular flexibility index (Phi) is 7.17. The van der Waals surface area contributed by atoms with E-state index in [9.17, 15) is 13.6 Å². The molecule has 0 saturated carbocycles. The van der Waals surface area contributed by atoms with Crippen molar-refractivity contribution >= 4 is 6.09 Å². The van der Waals surface area contributed by atoms with Crippen molar-refractivity contribution < 1.29 is 23.0 Å². The molecule has 25 heavy (non-hydrogen) atoms. The number of rotatable bonds is 7. The Balaban J connectivity index is 2.58. The highest BCUT2D eigenvalue weighted by atomic mass is 19.3. The van der Waals surface area contributed by atoms with Crippen molar-refractivity contribution in [3.63, 3.8) is 0 Å². The molecule has 2 N–H and O–H groups in total. The lowest BCUT2D eigenvalue weighted by Crippen LogP contribution is -2.45. The zero-order chi connectivity index (χ0) is 19.3. The molecule has 0 saturated heterocycles. The maximum absolute atomic E-state index is 14.0. The normalized spacial score (nSPS) is 13.3. The van der Waals surface area contributed by atoms with Gasteiger partial charge in [0.25, 0.3) is 5.92 Å². The molecule has 0 aliphatic rings. The highest BCUT2D eigenvalue weighted by Crippen LogP contribution is 2.26. The van der Waals surface area contributed by atoms with Crippen molar-refractivity contribution in [3.8, 4) is 5.75 Å². The smallest absolute Gasteiger partial charge is 0.407 e. The van der Waals surface area contributed by atoms with Crippen molar-refractivity contribution in [1.82, 2.24) is 10.6 Å². The summed E-state index contributed by atoms with van der Waals surface area (Å²) in [6, 6.07) is 5.27. The summed E-state index contributed by atoms with van der Waals surface area (Å²) in [5, 5.41) is 4.89. The molecule has 0 aromatic heterocycles. The van der Waals surface area contributed by atoms with Gasteiger partial charge in [-0.3, -0.25) is 0 Å². The van der Waals surface area contributed by atoms with Crippen LogP contribution in [0.2, 0.25) is 0 Å². The van der Waals surface area contributed by atoms with Gasteiger partial charge in [0.15, 0.2) is 0 Å². The predicted octanol–water partition coefficient (Wildman–Crippen LogP) is 3.81. The van der Waals surface area contributed by atoms with Crippen LogP contribution in [0.5, 0.6) is 5.75 Å². The van der Waals surface area contributed by atoms with E-state index in [1.54, 1.807) is 34.8 Å². The summed E-state index contributed by atoms with van der Waals surface area (Å²) in [6.45, 7) is 7.34. The largest absolute Gasteiger partial charge is 0.496 e. The van der Waals surface area contributed by atoms with Crippen LogP contribution in [-0.4, -0.2) is 37.8 Å². The Morgan fingerprint density at radius 3 is 2.44 bits per heavy atom. The summed E-state index contributed by atoms with van der Waals surface area (Å²) < 4.78 is 38.2. The molecule has 0 radical (unpaired) electrons. The van der Waals surface area contributed by atoms with Crippen LogP contribution < -0.4 is 15.4 Å². The number of carbonyl (C=O) groups excluding carboxylic acids is 1. The second-order valence-electron chi connectivity index (χ2n) is 7.06. The van der Waals surface area contributed by atoms with Gasteiger partial charge < -0.3 is 20.1 Å². The molecule has 0 heterocycles. The van der Waals surface area contributed by atoms with Gasteiger partial charge >= 0.3 is 6.09 Å². The number of halogens is 2. The van der Waals surface area contributed by atoms with Gasteiger partial charge in [0, 0.05) is 11.6 Å². The topological polar surface area (TPSA) is 59.6 Å². The molecule has 1 atom stereocenters. The van der Waals surface area contributed by atoms with Gasteiger partial charge in [0.1, 0.15) is 11.4 Å². The molecular weight excluding hydrogens is 330 g/mol. The Labute approximate surface area is 148 Å². The van der Waals surface area contributed by atoms with Crippen molar-refractivity contribution in [2.24, 2.45) is 0 Å². The minimum Gasteiger partial charge on any atom is -0.496 e. The van der Waals surface area contributed by atoms with Crippen LogP contribution in [0, 0.1) is 6.92 Å². The molecule has 1 aromatic carbocycles. The van der Waals surface area contributed by atoms with Gasteiger partial charge in [0.05, 0.1) is 20.2 Å². The first-order chi connectivity index (χ1) is 11.4. The molecule has 0 spiro atoms. The molecule has 0 bridgehead atoms. The van der Waals surface area contributed by atoms with Crippen LogP contribution in [0.1, 0.15) is 44.9 Å². The monoisotopic (exact) mass is 358 g/mol. The molecule has 0 aliphatic carbocycles. The second kappa shape index (κ2) is 8.47. The molecule has 1 aromatic rings. The molecule has 5 nitrogen and oxygen atoms in total. The van der Waals surface area contributed by atoms with Gasteiger partial charge in [-0.15, -0.1) is 0 Å². The molecule has 0 fully saturated rings. The van der Waals surface area contributed by atoms with Crippen LogP contribution in [0.3, 0.4) is 0 Å². The molecule has 0 aliphatic heterocycles. The van der Waals surface area contributed by atoms with Crippen molar-refractivity contribution in [2.45, 2.75) is 52.2 Å². The van der Waals surface area contributed by atoms with Crippen molar-refractivity contribution in [2.75, 3.05) is 20.2 Å². The number of carbonyl (C=O) groups is 1. The van der Waals surface area contributed by atoms with E-state index in [1.807, 2.05) is 25.1 Å². The Hall–Kier alpha value is -1.89. The highest BCUT2D eigenvalue weighted by Gasteiger charge is 2.31. The number of aryl methyl sites for hydroxylation is 1. The average Bonchev–Trinajstić information content (AvgIpc) is 2.49. The zero-order valence-electron chi connectivity index (χ0n) is 15.7. The molecule has 1 rings (SSSR count). The second-order valence-corrected chi connectivity index (χ2v) is 7.06. The number of ether oxygens (including phenoxy) is 2. The van der Waals surface area contributed by atoms with E-state index in [2.05, 4.69) is 10.6 Å². The van der Waals surface area contributed by atoms with Gasteiger partial charge in [-0.25, -0.2) is 13.6 Å². The molecule has 142 valence electrons. The maximum Gasteiger partial charge on any atom is 0.407 e. The summed E-state index contributed by atoms with van der Waals surface area (Å²) in [6.07, 6.45) is -0.861. The standard InChI is InChI=1S/C18H28F2N2O3/c1-12-7-8-15(24-6)14(9-12)13(2)21-10-18(19,20)11-22-16(23)25-17(3,4)5/h7-9,13,21H,10-11H2,1-6H3,(H,22,23). The quantitative estimate of drug-likeness (QED) is 0.778. The molecular formula is C18H28F2N2O3. The van der Waals surface area contributed by atoms with E-state index in [-0.39, 0.29) is 6.04 Å². The van der Waals surface area contributed by atoms with Crippen molar-refractivity contribution in [3.05, 3.63) is 29.3 Å². The fourth-order valence-corrected chi connectivity index (χ4v) is 2.18. The van der Waals surface area contributed by atoms with Crippen LogP contribution in [0.4, 0.5) is 13.6 Å². The van der Waals surface area contributed by atoms with E-state index < -0.39 is 30.7 Å². The summed E-state index contributed by atoms with van der Waals surface area (Å²) >= 11 is 0. The Morgan fingerprint density at radius 1 is 1.24 bits per heavy atom. The first-order valence-electron chi connectivity index (χ1n) is 8.16. The average molecular weight is 358 g/mol. The first-order valence-corrected chi connectivity index (χ1v) is 8.16. The number of alkyl halides is 2. The molecule has 1 unspecified atom stereocenters.